The van der Waals surface area contributed by atoms with Crippen molar-refractivity contribution in [2.24, 2.45) is 11.1 Å². The number of carbonyl (C=O) groups is 1. The van der Waals surface area contributed by atoms with Crippen LogP contribution < -0.4 is 0 Å². The molecule has 2 aliphatic heterocycles. The van der Waals surface area contributed by atoms with E-state index in [1.165, 1.54) is 11.1 Å². The molecule has 7 heteroatoms. The Morgan fingerprint density at radius 3 is 2.87 bits per heavy atom. The lowest BCUT2D eigenvalue weighted by Gasteiger charge is -2.29. The normalized spacial score (nSPS) is 28.2. The minimum atomic E-state index is -0.576. The molecule has 3 heterocycles. The minimum Gasteiger partial charge on any atom is -0.391 e. The summed E-state index contributed by atoms with van der Waals surface area (Å²) >= 11 is 0. The topological polar surface area (TPSA) is 88.2 Å². The van der Waals surface area contributed by atoms with Gasteiger partial charge in [0.15, 0.2) is 5.60 Å². The predicted molar refractivity (Wildman–Crippen MR) is 115 cm³/mol. The number of nitrogens with zero attached hydrogens (tertiary/aromatic N) is 3. The van der Waals surface area contributed by atoms with Crippen LogP contribution in [0.25, 0.3) is 0 Å². The highest BCUT2D eigenvalue weighted by Gasteiger charge is 2.50. The Kier molecular flexibility index (Phi) is 4.88. The van der Waals surface area contributed by atoms with Crippen molar-refractivity contribution in [3.05, 3.63) is 52.9 Å². The number of aromatic nitrogens is 1. The van der Waals surface area contributed by atoms with Crippen LogP contribution in [0.4, 0.5) is 0 Å². The first kappa shape index (κ1) is 20.2. The summed E-state index contributed by atoms with van der Waals surface area (Å²) in [5.41, 5.74) is 3.66. The number of hydrogen-bond acceptors (Lipinski definition) is 6. The summed E-state index contributed by atoms with van der Waals surface area (Å²) in [7, 11) is 0. The van der Waals surface area contributed by atoms with Crippen molar-refractivity contribution in [2.45, 2.75) is 70.1 Å². The fourth-order valence-corrected chi connectivity index (χ4v) is 5.43. The highest BCUT2D eigenvalue weighted by atomic mass is 16.7. The number of carbonyl (C=O) groups excluding carboxylic acids is 1. The zero-order chi connectivity index (χ0) is 21.8. The second-order valence-corrected chi connectivity index (χ2v) is 9.49. The highest BCUT2D eigenvalue weighted by Crippen LogP contribution is 2.47. The molecule has 1 aromatic heterocycles. The molecule has 2 aromatic rings. The predicted octanol–water partition coefficient (Wildman–Crippen LogP) is 3.30. The number of hydrogen-bond donors (Lipinski definition) is 1. The van der Waals surface area contributed by atoms with Crippen molar-refractivity contribution in [2.75, 3.05) is 6.54 Å². The van der Waals surface area contributed by atoms with Crippen molar-refractivity contribution >= 4 is 11.6 Å². The van der Waals surface area contributed by atoms with Gasteiger partial charge in [0.05, 0.1) is 23.6 Å². The standard InChI is InChI=1S/C24H29N3O4/c1-14(2)22(21-10-15(3)25-30-21)23(29)27-13-17(28)11-20(27)19-12-24(31-26-19)9-8-16-6-4-5-7-18(16)24/h4-7,10,14,17,20,22,28H,8-9,11-13H2,1-3H3/t17-,20+,22-,24?/m1/s1. The molecule has 5 rings (SSSR count). The number of likely N-dealkylation sites (tertiary alicyclic amines) is 1. The summed E-state index contributed by atoms with van der Waals surface area (Å²) in [5, 5.41) is 18.9. The molecule has 1 aliphatic carbocycles. The lowest BCUT2D eigenvalue weighted by molar-refractivity contribution is -0.134. The molecule has 0 saturated carbocycles. The summed E-state index contributed by atoms with van der Waals surface area (Å²) in [4.78, 5) is 21.5. The fraction of sp³-hybridized carbons (Fsp3) is 0.542. The third-order valence-electron chi connectivity index (χ3n) is 6.94. The van der Waals surface area contributed by atoms with E-state index in [2.05, 4.69) is 28.5 Å². The van der Waals surface area contributed by atoms with Gasteiger partial charge in [0.2, 0.25) is 5.91 Å². The van der Waals surface area contributed by atoms with Gasteiger partial charge in [-0.1, -0.05) is 48.4 Å². The molecule has 1 aromatic carbocycles. The second kappa shape index (κ2) is 7.48. The van der Waals surface area contributed by atoms with Gasteiger partial charge in [0.1, 0.15) is 11.7 Å². The Labute approximate surface area is 182 Å². The van der Waals surface area contributed by atoms with Gasteiger partial charge in [-0.2, -0.15) is 0 Å². The van der Waals surface area contributed by atoms with E-state index in [0.29, 0.717) is 25.1 Å². The highest BCUT2D eigenvalue weighted by molar-refractivity contribution is 5.96. The van der Waals surface area contributed by atoms with Gasteiger partial charge in [0.25, 0.3) is 0 Å². The van der Waals surface area contributed by atoms with Crippen LogP contribution in [0, 0.1) is 12.8 Å². The van der Waals surface area contributed by atoms with Crippen LogP contribution in [0.5, 0.6) is 0 Å². The van der Waals surface area contributed by atoms with E-state index in [0.717, 1.165) is 24.2 Å². The number of aryl methyl sites for hydroxylation is 2. The number of amides is 1. The van der Waals surface area contributed by atoms with E-state index in [1.807, 2.05) is 32.9 Å². The van der Waals surface area contributed by atoms with Crippen LogP contribution in [-0.2, 0) is 21.7 Å². The molecule has 4 atom stereocenters. The average Bonchev–Trinajstić information content (AvgIpc) is 3.51. The molecular weight excluding hydrogens is 394 g/mol. The summed E-state index contributed by atoms with van der Waals surface area (Å²) in [6.07, 6.45) is 2.41. The SMILES string of the molecule is Cc1cc([C@H](C(=O)N2C[C@H](O)C[C@H]2C2=NOC3(CCc4ccccc43)C2)C(C)C)on1. The van der Waals surface area contributed by atoms with Gasteiger partial charge in [-0.15, -0.1) is 0 Å². The van der Waals surface area contributed by atoms with Crippen LogP contribution in [0.1, 0.15) is 61.6 Å². The Morgan fingerprint density at radius 1 is 1.32 bits per heavy atom. The van der Waals surface area contributed by atoms with Crippen molar-refractivity contribution in [3.8, 4) is 0 Å². The van der Waals surface area contributed by atoms with Gasteiger partial charge >= 0.3 is 0 Å². The lowest BCUT2D eigenvalue weighted by atomic mass is 9.87. The number of oxime groups is 1. The minimum absolute atomic E-state index is 0.0352. The summed E-state index contributed by atoms with van der Waals surface area (Å²) < 4.78 is 5.46. The quantitative estimate of drug-likeness (QED) is 0.815. The maximum atomic E-state index is 13.7. The van der Waals surface area contributed by atoms with Crippen LogP contribution in [0.15, 0.2) is 40.0 Å². The zero-order valence-electron chi connectivity index (χ0n) is 18.2. The Bertz CT molecular complexity index is 1030. The molecule has 164 valence electrons. The first-order valence-corrected chi connectivity index (χ1v) is 11.1. The molecule has 1 unspecified atom stereocenters. The van der Waals surface area contributed by atoms with Crippen LogP contribution in [0.3, 0.4) is 0 Å². The Morgan fingerprint density at radius 2 is 2.13 bits per heavy atom. The number of β-amino-alcohol motifs (C(OH)–C–C–N with tert-alkyl or cyclic N) is 1. The van der Waals surface area contributed by atoms with E-state index < -0.39 is 17.6 Å². The van der Waals surface area contributed by atoms with Crippen molar-refractivity contribution in [1.29, 1.82) is 0 Å². The van der Waals surface area contributed by atoms with E-state index in [4.69, 9.17) is 9.36 Å². The van der Waals surface area contributed by atoms with Gasteiger partial charge in [-0.05, 0) is 31.2 Å². The average molecular weight is 424 g/mol. The third kappa shape index (κ3) is 3.35. The lowest BCUT2D eigenvalue weighted by Crippen LogP contribution is -2.44. The molecule has 0 bridgehead atoms. The number of fused-ring (bicyclic) bond motifs is 2. The molecule has 1 spiro atoms. The van der Waals surface area contributed by atoms with E-state index in [9.17, 15) is 9.90 Å². The monoisotopic (exact) mass is 423 g/mol. The number of aliphatic hydroxyl groups excluding tert-OH is 1. The largest absolute Gasteiger partial charge is 0.391 e. The van der Waals surface area contributed by atoms with Crippen LogP contribution in [-0.4, -0.2) is 45.5 Å². The van der Waals surface area contributed by atoms with Crippen LogP contribution in [0.2, 0.25) is 0 Å². The molecule has 3 aliphatic rings. The van der Waals surface area contributed by atoms with Crippen molar-refractivity contribution in [3.63, 3.8) is 0 Å². The second-order valence-electron chi connectivity index (χ2n) is 9.49. The number of benzene rings is 1. The molecule has 1 N–H and O–H groups in total. The Balaban J connectivity index is 1.40. The summed E-state index contributed by atoms with van der Waals surface area (Å²) in [6, 6.07) is 9.92. The Hall–Kier alpha value is -2.67. The number of rotatable bonds is 4. The van der Waals surface area contributed by atoms with Crippen molar-refractivity contribution in [1.82, 2.24) is 10.1 Å². The summed E-state index contributed by atoms with van der Waals surface area (Å²) in [5.74, 6) is 0.109. The fourth-order valence-electron chi connectivity index (χ4n) is 5.43. The molecule has 1 amide bonds. The zero-order valence-corrected chi connectivity index (χ0v) is 18.2. The van der Waals surface area contributed by atoms with Crippen LogP contribution >= 0.6 is 0 Å². The van der Waals surface area contributed by atoms with E-state index >= 15 is 0 Å². The van der Waals surface area contributed by atoms with E-state index in [1.54, 1.807) is 4.90 Å². The molecule has 7 nitrogen and oxygen atoms in total. The maximum absolute atomic E-state index is 13.7. The van der Waals surface area contributed by atoms with Gasteiger partial charge in [-0.3, -0.25) is 4.79 Å². The third-order valence-corrected chi connectivity index (χ3v) is 6.94. The van der Waals surface area contributed by atoms with Gasteiger partial charge < -0.3 is 19.4 Å². The molecular formula is C24H29N3O4. The molecule has 0 radical (unpaired) electrons. The van der Waals surface area contributed by atoms with Gasteiger partial charge in [0, 0.05) is 31.0 Å². The van der Waals surface area contributed by atoms with Gasteiger partial charge in [-0.25, -0.2) is 0 Å². The smallest absolute Gasteiger partial charge is 0.234 e. The maximum Gasteiger partial charge on any atom is 0.234 e. The first-order chi connectivity index (χ1) is 14.9. The molecule has 31 heavy (non-hydrogen) atoms. The first-order valence-electron chi connectivity index (χ1n) is 11.1. The van der Waals surface area contributed by atoms with Crippen molar-refractivity contribution < 1.29 is 19.3 Å². The molecule has 1 fully saturated rings. The summed E-state index contributed by atoms with van der Waals surface area (Å²) in [6.45, 7) is 6.15. The van der Waals surface area contributed by atoms with E-state index in [-0.39, 0.29) is 17.9 Å². The number of aliphatic hydroxyl groups is 1. The molecule has 1 saturated heterocycles.